The average Bonchev–Trinajstić information content (AvgIpc) is 2.48. The number of nitrogens with zero attached hydrogens (tertiary/aromatic N) is 2. The summed E-state index contributed by atoms with van der Waals surface area (Å²) in [6.45, 7) is 0.689. The second-order valence-electron chi connectivity index (χ2n) is 4.62. The molecule has 1 N–H and O–H groups in total. The van der Waals surface area contributed by atoms with Gasteiger partial charge in [0, 0.05) is 28.2 Å². The Bertz CT molecular complexity index is 776. The van der Waals surface area contributed by atoms with Crippen molar-refractivity contribution in [3.05, 3.63) is 58.8 Å². The van der Waals surface area contributed by atoms with Crippen molar-refractivity contribution in [3.63, 3.8) is 0 Å². The van der Waals surface area contributed by atoms with E-state index < -0.39 is 0 Å². The summed E-state index contributed by atoms with van der Waals surface area (Å²) in [4.78, 5) is 8.72. The van der Waals surface area contributed by atoms with Crippen molar-refractivity contribution in [2.24, 2.45) is 0 Å². The summed E-state index contributed by atoms with van der Waals surface area (Å²) < 4.78 is 6.78. The van der Waals surface area contributed by atoms with Gasteiger partial charge in [-0.05, 0) is 41.2 Å². The molecule has 21 heavy (non-hydrogen) atoms. The van der Waals surface area contributed by atoms with Crippen molar-refractivity contribution in [2.75, 3.05) is 7.05 Å². The summed E-state index contributed by atoms with van der Waals surface area (Å²) >= 11 is 3.39. The van der Waals surface area contributed by atoms with Gasteiger partial charge in [0.15, 0.2) is 0 Å². The first kappa shape index (κ1) is 14.0. The number of nitrogens with one attached hydrogen (secondary N) is 1. The molecular weight excluding hydrogens is 330 g/mol. The van der Waals surface area contributed by atoms with E-state index >= 15 is 0 Å². The Morgan fingerprint density at radius 2 is 2.05 bits per heavy atom. The smallest absolute Gasteiger partial charge is 0.224 e. The van der Waals surface area contributed by atoms with Gasteiger partial charge in [-0.3, -0.25) is 4.98 Å². The van der Waals surface area contributed by atoms with E-state index in [1.165, 1.54) is 0 Å². The van der Waals surface area contributed by atoms with E-state index in [1.54, 1.807) is 12.4 Å². The van der Waals surface area contributed by atoms with Crippen LogP contribution in [-0.2, 0) is 6.54 Å². The van der Waals surface area contributed by atoms with Gasteiger partial charge in [0.25, 0.3) is 0 Å². The zero-order valence-corrected chi connectivity index (χ0v) is 13.1. The molecule has 106 valence electrons. The van der Waals surface area contributed by atoms with Gasteiger partial charge in [-0.1, -0.05) is 18.2 Å². The van der Waals surface area contributed by atoms with Gasteiger partial charge < -0.3 is 10.1 Å². The molecule has 4 nitrogen and oxygen atoms in total. The molecule has 1 aromatic carbocycles. The lowest BCUT2D eigenvalue weighted by Gasteiger charge is -2.11. The standard InChI is InChI=1S/C16H14BrN3O/c1-18-8-12-6-11-4-2-3-5-15(11)20-16(12)21-14-7-13(17)9-19-10-14/h2-7,9-10,18H,8H2,1H3. The normalized spacial score (nSPS) is 10.8. The molecular formula is C16H14BrN3O. The predicted molar refractivity (Wildman–Crippen MR) is 86.5 cm³/mol. The van der Waals surface area contributed by atoms with Gasteiger partial charge in [0.1, 0.15) is 5.75 Å². The summed E-state index contributed by atoms with van der Waals surface area (Å²) in [7, 11) is 1.90. The molecule has 2 aromatic heterocycles. The van der Waals surface area contributed by atoms with Crippen molar-refractivity contribution in [2.45, 2.75) is 6.54 Å². The third-order valence-electron chi connectivity index (χ3n) is 3.02. The first-order valence-electron chi connectivity index (χ1n) is 6.58. The molecule has 3 rings (SSSR count). The highest BCUT2D eigenvalue weighted by Crippen LogP contribution is 2.27. The fraction of sp³-hybridized carbons (Fsp3) is 0.125. The highest BCUT2D eigenvalue weighted by Gasteiger charge is 2.09. The third kappa shape index (κ3) is 3.20. The van der Waals surface area contributed by atoms with Crippen LogP contribution in [0.1, 0.15) is 5.56 Å². The highest BCUT2D eigenvalue weighted by atomic mass is 79.9. The van der Waals surface area contributed by atoms with E-state index in [0.29, 0.717) is 18.2 Å². The topological polar surface area (TPSA) is 47.0 Å². The Morgan fingerprint density at radius 3 is 2.86 bits per heavy atom. The van der Waals surface area contributed by atoms with Crippen molar-refractivity contribution >= 4 is 26.8 Å². The van der Waals surface area contributed by atoms with E-state index in [4.69, 9.17) is 4.74 Å². The minimum Gasteiger partial charge on any atom is -0.437 e. The number of hydrogen-bond donors (Lipinski definition) is 1. The molecule has 0 saturated heterocycles. The van der Waals surface area contributed by atoms with Gasteiger partial charge in [-0.2, -0.15) is 0 Å². The molecule has 0 aliphatic rings. The number of halogens is 1. The predicted octanol–water partition coefficient (Wildman–Crippen LogP) is 3.90. The lowest BCUT2D eigenvalue weighted by Crippen LogP contribution is -2.07. The fourth-order valence-electron chi connectivity index (χ4n) is 2.11. The van der Waals surface area contributed by atoms with Gasteiger partial charge in [-0.25, -0.2) is 4.98 Å². The van der Waals surface area contributed by atoms with Crippen molar-refractivity contribution in [1.29, 1.82) is 0 Å². The van der Waals surface area contributed by atoms with Crippen molar-refractivity contribution in [1.82, 2.24) is 15.3 Å². The number of pyridine rings is 2. The molecule has 0 spiro atoms. The van der Waals surface area contributed by atoms with E-state index in [-0.39, 0.29) is 0 Å². The van der Waals surface area contributed by atoms with Crippen LogP contribution in [-0.4, -0.2) is 17.0 Å². The summed E-state index contributed by atoms with van der Waals surface area (Å²) in [6.07, 6.45) is 3.39. The second kappa shape index (κ2) is 6.20. The van der Waals surface area contributed by atoms with Crippen LogP contribution < -0.4 is 10.1 Å². The van der Waals surface area contributed by atoms with Crippen LogP contribution in [0.2, 0.25) is 0 Å². The largest absolute Gasteiger partial charge is 0.437 e. The maximum absolute atomic E-state index is 5.91. The SMILES string of the molecule is CNCc1cc2ccccc2nc1Oc1cncc(Br)c1. The minimum atomic E-state index is 0.600. The van der Waals surface area contributed by atoms with Crippen molar-refractivity contribution in [3.8, 4) is 11.6 Å². The number of benzene rings is 1. The molecule has 0 fully saturated rings. The second-order valence-corrected chi connectivity index (χ2v) is 5.53. The van der Waals surface area contributed by atoms with Gasteiger partial charge in [0.2, 0.25) is 5.88 Å². The molecule has 0 unspecified atom stereocenters. The molecule has 3 aromatic rings. The van der Waals surface area contributed by atoms with Crippen LogP contribution in [0.3, 0.4) is 0 Å². The molecule has 0 aliphatic heterocycles. The summed E-state index contributed by atoms with van der Waals surface area (Å²) in [5.74, 6) is 1.26. The van der Waals surface area contributed by atoms with Crippen LogP contribution >= 0.6 is 15.9 Å². The maximum atomic E-state index is 5.91. The lowest BCUT2D eigenvalue weighted by molar-refractivity contribution is 0.454. The highest BCUT2D eigenvalue weighted by molar-refractivity contribution is 9.10. The van der Waals surface area contributed by atoms with Gasteiger partial charge in [0.05, 0.1) is 11.7 Å². The van der Waals surface area contributed by atoms with Crippen LogP contribution in [0.4, 0.5) is 0 Å². The van der Waals surface area contributed by atoms with E-state index in [2.05, 4.69) is 37.3 Å². The molecule has 0 saturated carbocycles. The zero-order chi connectivity index (χ0) is 14.7. The molecule has 0 bridgehead atoms. The minimum absolute atomic E-state index is 0.600. The Kier molecular flexibility index (Phi) is 4.13. The van der Waals surface area contributed by atoms with E-state index in [0.717, 1.165) is 20.9 Å². The Morgan fingerprint density at radius 1 is 1.19 bits per heavy atom. The molecule has 5 heteroatoms. The Hall–Kier alpha value is -1.98. The van der Waals surface area contributed by atoms with Crippen LogP contribution in [0.5, 0.6) is 11.6 Å². The van der Waals surface area contributed by atoms with Crippen LogP contribution in [0.25, 0.3) is 10.9 Å². The summed E-state index contributed by atoms with van der Waals surface area (Å²) in [5, 5.41) is 4.24. The number of hydrogen-bond acceptors (Lipinski definition) is 4. The average molecular weight is 344 g/mol. The molecule has 0 amide bonds. The number of ether oxygens (including phenoxy) is 1. The fourth-order valence-corrected chi connectivity index (χ4v) is 2.45. The van der Waals surface area contributed by atoms with E-state index in [1.807, 2.05) is 37.4 Å². The molecule has 0 atom stereocenters. The van der Waals surface area contributed by atoms with Gasteiger partial charge in [-0.15, -0.1) is 0 Å². The molecule has 2 heterocycles. The number of fused-ring (bicyclic) bond motifs is 1. The van der Waals surface area contributed by atoms with Crippen LogP contribution in [0, 0.1) is 0 Å². The summed E-state index contributed by atoms with van der Waals surface area (Å²) in [6, 6.07) is 12.0. The van der Waals surface area contributed by atoms with Gasteiger partial charge >= 0.3 is 0 Å². The number of rotatable bonds is 4. The van der Waals surface area contributed by atoms with E-state index in [9.17, 15) is 0 Å². The molecule has 0 radical (unpaired) electrons. The first-order chi connectivity index (χ1) is 10.3. The summed E-state index contributed by atoms with van der Waals surface area (Å²) in [5.41, 5.74) is 1.92. The molecule has 0 aliphatic carbocycles. The lowest BCUT2D eigenvalue weighted by atomic mass is 10.1. The zero-order valence-electron chi connectivity index (χ0n) is 11.5. The maximum Gasteiger partial charge on any atom is 0.224 e. The van der Waals surface area contributed by atoms with Crippen LogP contribution in [0.15, 0.2) is 53.3 Å². The third-order valence-corrected chi connectivity index (χ3v) is 3.46. The number of para-hydroxylation sites is 1. The Labute approximate surface area is 131 Å². The number of aromatic nitrogens is 2. The Balaban J connectivity index is 2.04. The van der Waals surface area contributed by atoms with Crippen molar-refractivity contribution < 1.29 is 4.74 Å². The first-order valence-corrected chi connectivity index (χ1v) is 7.37. The quantitative estimate of drug-likeness (QED) is 0.780. The monoisotopic (exact) mass is 343 g/mol.